The van der Waals surface area contributed by atoms with Crippen LogP contribution in [0.3, 0.4) is 0 Å². The Bertz CT molecular complexity index is 1300. The van der Waals surface area contributed by atoms with Gasteiger partial charge in [0.1, 0.15) is 30.0 Å². The van der Waals surface area contributed by atoms with Crippen molar-refractivity contribution >= 4 is 16.9 Å². The number of hydrogen-bond donors (Lipinski definition) is 1. The molecule has 0 spiro atoms. The van der Waals surface area contributed by atoms with Crippen LogP contribution in [0, 0.1) is 5.41 Å². The fourth-order valence-corrected chi connectivity index (χ4v) is 4.14. The van der Waals surface area contributed by atoms with Gasteiger partial charge in [0.25, 0.3) is 0 Å². The maximum atomic E-state index is 12.6. The van der Waals surface area contributed by atoms with E-state index < -0.39 is 24.2 Å². The van der Waals surface area contributed by atoms with Gasteiger partial charge < -0.3 is 19.1 Å². The summed E-state index contributed by atoms with van der Waals surface area (Å²) in [5, 5.41) is 14.8. The first-order valence-electron chi connectivity index (χ1n) is 10.6. The quantitative estimate of drug-likeness (QED) is 0.535. The molecule has 11 heteroatoms. The minimum absolute atomic E-state index is 0.0972. The summed E-state index contributed by atoms with van der Waals surface area (Å²) in [6, 6.07) is 6.31. The first-order valence-corrected chi connectivity index (χ1v) is 10.6. The highest BCUT2D eigenvalue weighted by molar-refractivity contribution is 5.96. The monoisotopic (exact) mass is 479 g/mol. The molecule has 3 aromatic rings. The summed E-state index contributed by atoms with van der Waals surface area (Å²) in [4.78, 5) is 24.2. The average molecular weight is 479 g/mol. The third-order valence-electron chi connectivity index (χ3n) is 5.72. The highest BCUT2D eigenvalue weighted by atomic mass is 19.4. The number of alkyl halides is 3. The molecule has 0 amide bonds. The second-order valence-corrected chi connectivity index (χ2v) is 9.23. The molecular weight excluding hydrogens is 455 g/mol. The van der Waals surface area contributed by atoms with Crippen molar-refractivity contribution in [2.75, 3.05) is 19.8 Å². The SMILES string of the molecule is CC(C)(C)C1Cn2nc3c(OCCOCC(F)(F)F)cccc3c2-c2cc(=O)c(C(=O)O)cn21. The Labute approximate surface area is 192 Å². The van der Waals surface area contributed by atoms with Gasteiger partial charge in [0.05, 0.1) is 30.6 Å². The van der Waals surface area contributed by atoms with Crippen molar-refractivity contribution in [1.29, 1.82) is 0 Å². The first-order chi connectivity index (χ1) is 15.9. The lowest BCUT2D eigenvalue weighted by Crippen LogP contribution is -2.35. The minimum Gasteiger partial charge on any atom is -0.489 e. The van der Waals surface area contributed by atoms with Gasteiger partial charge in [-0.05, 0) is 11.5 Å². The number of carboxylic acid groups (broad SMARTS) is 1. The predicted molar refractivity (Wildman–Crippen MR) is 117 cm³/mol. The van der Waals surface area contributed by atoms with E-state index in [2.05, 4.69) is 9.84 Å². The van der Waals surface area contributed by atoms with Crippen LogP contribution in [0.15, 0.2) is 35.3 Å². The summed E-state index contributed by atoms with van der Waals surface area (Å²) >= 11 is 0. The van der Waals surface area contributed by atoms with E-state index in [0.717, 1.165) is 0 Å². The van der Waals surface area contributed by atoms with Crippen molar-refractivity contribution in [3.8, 4) is 17.1 Å². The number of ether oxygens (including phenoxy) is 2. The van der Waals surface area contributed by atoms with E-state index in [1.54, 1.807) is 22.9 Å². The lowest BCUT2D eigenvalue weighted by Gasteiger charge is -2.38. The largest absolute Gasteiger partial charge is 0.489 e. The van der Waals surface area contributed by atoms with E-state index in [-0.39, 0.29) is 30.2 Å². The van der Waals surface area contributed by atoms with Crippen molar-refractivity contribution in [2.24, 2.45) is 5.41 Å². The molecule has 2 aromatic heterocycles. The Morgan fingerprint density at radius 2 is 1.97 bits per heavy atom. The molecule has 0 saturated heterocycles. The number of aromatic carboxylic acids is 1. The van der Waals surface area contributed by atoms with Crippen LogP contribution in [0.5, 0.6) is 5.75 Å². The molecule has 0 bridgehead atoms. The van der Waals surface area contributed by atoms with Crippen molar-refractivity contribution < 1.29 is 32.5 Å². The third-order valence-corrected chi connectivity index (χ3v) is 5.72. The summed E-state index contributed by atoms with van der Waals surface area (Å²) in [6.07, 6.45) is -3.02. The Kier molecular flexibility index (Phi) is 5.92. The van der Waals surface area contributed by atoms with E-state index in [0.29, 0.717) is 34.6 Å². The summed E-state index contributed by atoms with van der Waals surface area (Å²) in [7, 11) is 0. The van der Waals surface area contributed by atoms with Crippen LogP contribution in [0.1, 0.15) is 37.2 Å². The highest BCUT2D eigenvalue weighted by Crippen LogP contribution is 2.43. The predicted octanol–water partition coefficient (Wildman–Crippen LogP) is 4.12. The van der Waals surface area contributed by atoms with Gasteiger partial charge in [-0.3, -0.25) is 9.48 Å². The zero-order chi connectivity index (χ0) is 24.8. The number of nitrogens with zero attached hydrogens (tertiary/aromatic N) is 3. The molecule has 4 rings (SSSR count). The van der Waals surface area contributed by atoms with Gasteiger partial charge >= 0.3 is 12.1 Å². The number of hydrogen-bond acceptors (Lipinski definition) is 5. The Balaban J connectivity index is 1.75. The van der Waals surface area contributed by atoms with Crippen LogP contribution < -0.4 is 10.2 Å². The lowest BCUT2D eigenvalue weighted by atomic mass is 9.85. The number of aromatic nitrogens is 3. The van der Waals surface area contributed by atoms with Gasteiger partial charge in [-0.15, -0.1) is 0 Å². The molecule has 34 heavy (non-hydrogen) atoms. The lowest BCUT2D eigenvalue weighted by molar-refractivity contribution is -0.175. The van der Waals surface area contributed by atoms with Gasteiger partial charge in [0.15, 0.2) is 5.43 Å². The number of fused-ring (bicyclic) bond motifs is 5. The molecule has 1 N–H and O–H groups in total. The normalized spacial score (nSPS) is 15.8. The zero-order valence-corrected chi connectivity index (χ0v) is 18.8. The van der Waals surface area contributed by atoms with Gasteiger partial charge in [-0.1, -0.05) is 32.9 Å². The number of carbonyl (C=O) groups is 1. The highest BCUT2D eigenvalue weighted by Gasteiger charge is 2.35. The Morgan fingerprint density at radius 3 is 2.62 bits per heavy atom. The topological polar surface area (TPSA) is 95.6 Å². The minimum atomic E-state index is -4.40. The second kappa shape index (κ2) is 8.46. The summed E-state index contributed by atoms with van der Waals surface area (Å²) in [6.45, 7) is 4.79. The molecular formula is C23H24F3N3O5. The molecule has 182 valence electrons. The standard InChI is InChI=1S/C23H24F3N3O5/c1-22(2,3)18-11-29-20(15-9-16(30)14(21(31)32)10-28(15)18)13-5-4-6-17(19(13)27-29)34-8-7-33-12-23(24,25)26/h4-6,9-10,18H,7-8,11-12H2,1-3H3,(H,31,32). The molecule has 8 nitrogen and oxygen atoms in total. The number of pyridine rings is 1. The molecule has 0 saturated carbocycles. The van der Waals surface area contributed by atoms with Crippen LogP contribution in [-0.2, 0) is 11.3 Å². The molecule has 3 heterocycles. The van der Waals surface area contributed by atoms with Crippen molar-refractivity contribution in [1.82, 2.24) is 14.3 Å². The molecule has 1 aliphatic rings. The fourth-order valence-electron chi connectivity index (χ4n) is 4.14. The number of halogens is 3. The summed E-state index contributed by atoms with van der Waals surface area (Å²) in [5.41, 5.74) is 0.466. The smallest absolute Gasteiger partial charge is 0.411 e. The molecule has 1 unspecified atom stereocenters. The van der Waals surface area contributed by atoms with Crippen molar-refractivity contribution in [3.05, 3.63) is 46.2 Å². The van der Waals surface area contributed by atoms with Crippen molar-refractivity contribution in [3.63, 3.8) is 0 Å². The van der Waals surface area contributed by atoms with Crippen LogP contribution in [0.25, 0.3) is 22.3 Å². The molecule has 1 aliphatic heterocycles. The molecule has 0 fully saturated rings. The van der Waals surface area contributed by atoms with E-state index in [1.165, 1.54) is 12.3 Å². The molecule has 1 aromatic carbocycles. The van der Waals surface area contributed by atoms with Crippen molar-refractivity contribution in [2.45, 2.75) is 39.5 Å². The van der Waals surface area contributed by atoms with Gasteiger partial charge in [-0.25, -0.2) is 4.79 Å². The summed E-state index contributed by atoms with van der Waals surface area (Å²) in [5.74, 6) is -0.918. The first kappa shape index (κ1) is 23.8. The molecule has 0 radical (unpaired) electrons. The van der Waals surface area contributed by atoms with Crippen LogP contribution >= 0.6 is 0 Å². The van der Waals surface area contributed by atoms with Gasteiger partial charge in [0.2, 0.25) is 0 Å². The zero-order valence-electron chi connectivity index (χ0n) is 18.8. The number of rotatable bonds is 6. The van der Waals surface area contributed by atoms with Gasteiger partial charge in [0, 0.05) is 17.6 Å². The van der Waals surface area contributed by atoms with Crippen LogP contribution in [-0.4, -0.2) is 51.4 Å². The number of carboxylic acids is 1. The molecule has 0 aliphatic carbocycles. The second-order valence-electron chi connectivity index (χ2n) is 9.23. The van der Waals surface area contributed by atoms with E-state index in [1.807, 2.05) is 25.3 Å². The van der Waals surface area contributed by atoms with Gasteiger partial charge in [-0.2, -0.15) is 18.3 Å². The van der Waals surface area contributed by atoms with E-state index in [9.17, 15) is 27.9 Å². The van der Waals surface area contributed by atoms with E-state index in [4.69, 9.17) is 4.74 Å². The molecule has 1 atom stereocenters. The van der Waals surface area contributed by atoms with Crippen LogP contribution in [0.2, 0.25) is 0 Å². The Hall–Kier alpha value is -3.34. The van der Waals surface area contributed by atoms with Crippen LogP contribution in [0.4, 0.5) is 13.2 Å². The maximum absolute atomic E-state index is 12.6. The third kappa shape index (κ3) is 4.52. The number of benzene rings is 1. The Morgan fingerprint density at radius 1 is 1.24 bits per heavy atom. The summed E-state index contributed by atoms with van der Waals surface area (Å²) < 4.78 is 50.6. The maximum Gasteiger partial charge on any atom is 0.411 e. The fraction of sp³-hybridized carbons (Fsp3) is 0.435. The van der Waals surface area contributed by atoms with E-state index >= 15 is 0 Å². The average Bonchev–Trinajstić information content (AvgIpc) is 3.10.